The minimum Gasteiger partial charge on any atom is -0.277 e. The Morgan fingerprint density at radius 2 is 1.30 bits per heavy atom. The van der Waals surface area contributed by atoms with E-state index in [4.69, 9.17) is 15.0 Å². The van der Waals surface area contributed by atoms with Crippen LogP contribution in [-0.4, -0.2) is 30.6 Å². The zero-order valence-electron chi connectivity index (χ0n) is 29.2. The molecule has 3 aliphatic rings. The van der Waals surface area contributed by atoms with Crippen molar-refractivity contribution in [2.24, 2.45) is 0 Å². The van der Waals surface area contributed by atoms with E-state index in [0.717, 1.165) is 34.3 Å². The lowest BCUT2D eigenvalue weighted by molar-refractivity contribution is 0.645. The second-order valence-corrected chi connectivity index (χ2v) is 16.1. The minimum atomic E-state index is -0.450. The van der Waals surface area contributed by atoms with Gasteiger partial charge in [-0.25, -0.2) is 4.98 Å². The Morgan fingerprint density at radius 3 is 2.08 bits per heavy atom. The molecule has 0 bridgehead atoms. The predicted molar refractivity (Wildman–Crippen MR) is 221 cm³/mol. The van der Waals surface area contributed by atoms with Crippen LogP contribution >= 0.6 is 10.5 Å². The molecule has 11 rings (SSSR count). The van der Waals surface area contributed by atoms with Crippen LogP contribution in [0.2, 0.25) is 0 Å². The van der Waals surface area contributed by atoms with Crippen molar-refractivity contribution >= 4 is 43.2 Å². The van der Waals surface area contributed by atoms with Crippen LogP contribution in [0.3, 0.4) is 0 Å². The Kier molecular flexibility index (Phi) is 6.71. The third kappa shape index (κ3) is 4.57. The van der Waals surface area contributed by atoms with Gasteiger partial charge in [-0.3, -0.25) is 4.57 Å². The maximum Gasteiger partial charge on any atom is 0.238 e. The average Bonchev–Trinajstić information content (AvgIpc) is 3.96. The van der Waals surface area contributed by atoms with E-state index < -0.39 is 5.41 Å². The molecule has 0 radical (unpaired) electrons. The van der Waals surface area contributed by atoms with Gasteiger partial charge in [0.25, 0.3) is 0 Å². The lowest BCUT2D eigenvalue weighted by Crippen LogP contribution is -2.29. The molecule has 1 aliphatic heterocycles. The molecule has 3 heterocycles. The van der Waals surface area contributed by atoms with Crippen molar-refractivity contribution in [1.82, 2.24) is 19.5 Å². The fourth-order valence-electron chi connectivity index (χ4n) is 8.82. The van der Waals surface area contributed by atoms with E-state index in [1.807, 2.05) is 18.2 Å². The number of nitrogens with zero attached hydrogens (tertiary/aromatic N) is 4. The highest BCUT2D eigenvalue weighted by Gasteiger charge is 2.47. The quantitative estimate of drug-likeness (QED) is 0.172. The Balaban J connectivity index is 1.30. The fourth-order valence-corrected chi connectivity index (χ4v) is 10.0. The number of allylic oxidation sites excluding steroid dienone is 4. The van der Waals surface area contributed by atoms with Crippen LogP contribution in [-0.2, 0) is 5.41 Å². The SMILES string of the molecule is C/C1=C\C=C/CC2(c3ccccc3-c3ccccc32)c2c1ccc1c3ccccc3n(-c3nc(-c4ccccc4)nc(-c4cccc(S5=CC5)c4)n3)c21. The highest BCUT2D eigenvalue weighted by Crippen LogP contribution is 2.58. The Bertz CT molecular complexity index is 2870. The summed E-state index contributed by atoms with van der Waals surface area (Å²) in [6.07, 6.45) is 7.68. The molecular formula is C48H34N4S. The largest absolute Gasteiger partial charge is 0.277 e. The minimum absolute atomic E-state index is 0.212. The first-order valence-electron chi connectivity index (χ1n) is 18.2. The average molecular weight is 699 g/mol. The van der Waals surface area contributed by atoms with Gasteiger partial charge >= 0.3 is 0 Å². The number of benzene rings is 6. The number of rotatable bonds is 4. The molecule has 5 heteroatoms. The van der Waals surface area contributed by atoms with E-state index in [-0.39, 0.29) is 10.5 Å². The van der Waals surface area contributed by atoms with Crippen molar-refractivity contribution < 1.29 is 0 Å². The van der Waals surface area contributed by atoms with Gasteiger partial charge in [-0.1, -0.05) is 140 Å². The lowest BCUT2D eigenvalue weighted by atomic mass is 9.66. The van der Waals surface area contributed by atoms with Crippen LogP contribution in [0.4, 0.5) is 0 Å². The third-order valence-corrected chi connectivity index (χ3v) is 12.8. The van der Waals surface area contributed by atoms with Crippen molar-refractivity contribution in [2.45, 2.75) is 23.7 Å². The first-order chi connectivity index (χ1) is 26.2. The molecule has 0 N–H and O–H groups in total. The second kappa shape index (κ2) is 11.7. The number of hydrogen-bond acceptors (Lipinski definition) is 3. The number of aromatic nitrogens is 4. The summed E-state index contributed by atoms with van der Waals surface area (Å²) in [6.45, 7) is 2.24. The molecule has 1 unspecified atom stereocenters. The molecule has 0 fully saturated rings. The van der Waals surface area contributed by atoms with E-state index in [1.165, 1.54) is 54.6 Å². The first-order valence-corrected chi connectivity index (χ1v) is 19.7. The second-order valence-electron chi connectivity index (χ2n) is 14.2. The van der Waals surface area contributed by atoms with Gasteiger partial charge in [0.1, 0.15) is 0 Å². The molecule has 4 nitrogen and oxygen atoms in total. The third-order valence-electron chi connectivity index (χ3n) is 11.2. The van der Waals surface area contributed by atoms with Gasteiger partial charge in [-0.15, -0.1) is 0 Å². The molecule has 2 aromatic heterocycles. The van der Waals surface area contributed by atoms with E-state index in [2.05, 4.69) is 156 Å². The summed E-state index contributed by atoms with van der Waals surface area (Å²) in [4.78, 5) is 17.3. The highest BCUT2D eigenvalue weighted by molar-refractivity contribution is 8.22. The fraction of sp³-hybridized carbons (Fsp3) is 0.0833. The molecule has 6 aromatic carbocycles. The Labute approximate surface area is 310 Å². The molecule has 1 atom stereocenters. The van der Waals surface area contributed by atoms with Gasteiger partial charge in [0.15, 0.2) is 11.6 Å². The molecule has 252 valence electrons. The molecule has 2 aliphatic carbocycles. The van der Waals surface area contributed by atoms with Crippen LogP contribution in [0.25, 0.3) is 67.2 Å². The van der Waals surface area contributed by atoms with Crippen LogP contribution < -0.4 is 0 Å². The summed E-state index contributed by atoms with van der Waals surface area (Å²) in [5.74, 6) is 3.10. The van der Waals surface area contributed by atoms with E-state index in [1.54, 1.807) is 0 Å². The zero-order chi connectivity index (χ0) is 35.1. The Hall–Kier alpha value is -6.17. The summed E-state index contributed by atoms with van der Waals surface area (Å²) in [7, 11) is 0.212. The van der Waals surface area contributed by atoms with Gasteiger partial charge < -0.3 is 0 Å². The van der Waals surface area contributed by atoms with Crippen LogP contribution in [0, 0.1) is 0 Å². The van der Waals surface area contributed by atoms with E-state index >= 15 is 0 Å². The maximum atomic E-state index is 5.41. The highest BCUT2D eigenvalue weighted by atomic mass is 32.2. The van der Waals surface area contributed by atoms with Crippen molar-refractivity contribution in [3.8, 4) is 39.9 Å². The van der Waals surface area contributed by atoms with E-state index in [0.29, 0.717) is 17.6 Å². The van der Waals surface area contributed by atoms with Crippen molar-refractivity contribution in [3.63, 3.8) is 0 Å². The number of fused-ring (bicyclic) bond motifs is 11. The van der Waals surface area contributed by atoms with Gasteiger partial charge in [0.05, 0.1) is 16.4 Å². The monoisotopic (exact) mass is 698 g/mol. The van der Waals surface area contributed by atoms with E-state index in [9.17, 15) is 0 Å². The summed E-state index contributed by atoms with van der Waals surface area (Å²) < 4.78 is 2.34. The predicted octanol–water partition coefficient (Wildman–Crippen LogP) is 11.4. The molecule has 8 aromatic rings. The molecular weight excluding hydrogens is 665 g/mol. The summed E-state index contributed by atoms with van der Waals surface area (Å²) >= 11 is 0. The molecule has 0 saturated carbocycles. The smallest absolute Gasteiger partial charge is 0.238 e. The van der Waals surface area contributed by atoms with Crippen molar-refractivity contribution in [3.05, 3.63) is 180 Å². The summed E-state index contributed by atoms with van der Waals surface area (Å²) in [6, 6.07) is 50.5. The standard InChI is InChI=1S/C48H34N4S/c1-31-14-11-12-27-48(40-22-8-5-19-36(40)37-20-6-9-23-41(37)48)43-35(31)25-26-39-38-21-7-10-24-42(38)52(44(39)43)47-50-45(32-15-3-2-4-16-32)49-46(51-47)33-17-13-18-34(30-33)53-28-29-53/h2-26,28,30H,27,29H2,1H3/b12-11-,31-14+. The maximum absolute atomic E-state index is 5.41. The van der Waals surface area contributed by atoms with Gasteiger partial charge in [-0.2, -0.15) is 20.5 Å². The zero-order valence-corrected chi connectivity index (χ0v) is 30.0. The molecule has 53 heavy (non-hydrogen) atoms. The van der Waals surface area contributed by atoms with Crippen molar-refractivity contribution in [2.75, 3.05) is 5.75 Å². The molecule has 1 spiro atoms. The van der Waals surface area contributed by atoms with Gasteiger partial charge in [0.2, 0.25) is 5.95 Å². The summed E-state index contributed by atoms with van der Waals surface area (Å²) in [5, 5.41) is 4.74. The normalized spacial score (nSPS) is 18.0. The van der Waals surface area contributed by atoms with Crippen LogP contribution in [0.5, 0.6) is 0 Å². The first kappa shape index (κ1) is 30.5. The van der Waals surface area contributed by atoms with Gasteiger partial charge in [-0.05, 0) is 75.9 Å². The van der Waals surface area contributed by atoms with Crippen LogP contribution in [0.1, 0.15) is 35.6 Å². The van der Waals surface area contributed by atoms with Gasteiger partial charge in [0, 0.05) is 32.5 Å². The summed E-state index contributed by atoms with van der Waals surface area (Å²) in [5.41, 5.74) is 12.7. The lowest BCUT2D eigenvalue weighted by Gasteiger charge is -2.36. The Morgan fingerprint density at radius 1 is 0.623 bits per heavy atom. The van der Waals surface area contributed by atoms with Crippen molar-refractivity contribution in [1.29, 1.82) is 0 Å². The number of para-hydroxylation sites is 1. The molecule has 0 amide bonds. The topological polar surface area (TPSA) is 43.6 Å². The number of hydrogen-bond donors (Lipinski definition) is 0. The van der Waals surface area contributed by atoms with Crippen LogP contribution in [0.15, 0.2) is 163 Å². The molecule has 0 saturated heterocycles.